The van der Waals surface area contributed by atoms with Gasteiger partial charge in [0, 0.05) is 18.7 Å². The predicted molar refractivity (Wildman–Crippen MR) is 62.5 cm³/mol. The van der Waals surface area contributed by atoms with Crippen LogP contribution in [0.1, 0.15) is 18.7 Å². The van der Waals surface area contributed by atoms with Crippen LogP contribution in [0.5, 0.6) is 0 Å². The molecule has 0 atom stereocenters. The lowest BCUT2D eigenvalue weighted by molar-refractivity contribution is -0.119. The molecule has 0 bridgehead atoms. The van der Waals surface area contributed by atoms with Gasteiger partial charge in [-0.15, -0.1) is 0 Å². The number of fused-ring (bicyclic) bond motifs is 2. The van der Waals surface area contributed by atoms with Crippen molar-refractivity contribution in [2.45, 2.75) is 19.8 Å². The van der Waals surface area contributed by atoms with Crippen LogP contribution in [0.15, 0.2) is 22.6 Å². The van der Waals surface area contributed by atoms with Gasteiger partial charge in [0.2, 0.25) is 5.91 Å². The van der Waals surface area contributed by atoms with Gasteiger partial charge in [0.25, 0.3) is 0 Å². The zero-order valence-electron chi connectivity index (χ0n) is 9.49. The van der Waals surface area contributed by atoms with Crippen LogP contribution >= 0.6 is 0 Å². The van der Waals surface area contributed by atoms with E-state index in [4.69, 9.17) is 4.42 Å². The van der Waals surface area contributed by atoms with Crippen molar-refractivity contribution in [2.24, 2.45) is 11.3 Å². The highest BCUT2D eigenvalue weighted by atomic mass is 16.3. The van der Waals surface area contributed by atoms with E-state index in [0.29, 0.717) is 11.8 Å². The SMILES string of the molecule is Cc1nc2ccc(NC(=O)C34CC3C4)cc2o1. The number of hydrogen-bond donors (Lipinski definition) is 1. The summed E-state index contributed by atoms with van der Waals surface area (Å²) in [7, 11) is 0. The van der Waals surface area contributed by atoms with Gasteiger partial charge in [0.05, 0.1) is 5.41 Å². The number of carbonyl (C=O) groups excluding carboxylic acids is 1. The zero-order valence-corrected chi connectivity index (χ0v) is 9.49. The van der Waals surface area contributed by atoms with Crippen molar-refractivity contribution in [1.82, 2.24) is 4.98 Å². The molecule has 1 heterocycles. The number of nitrogens with zero attached hydrogens (tertiary/aromatic N) is 1. The molecule has 0 aliphatic heterocycles. The summed E-state index contributed by atoms with van der Waals surface area (Å²) in [5.74, 6) is 1.48. The van der Waals surface area contributed by atoms with E-state index in [1.807, 2.05) is 25.1 Å². The maximum Gasteiger partial charge on any atom is 0.230 e. The maximum atomic E-state index is 11.9. The summed E-state index contributed by atoms with van der Waals surface area (Å²) < 4.78 is 5.44. The fourth-order valence-corrected chi connectivity index (χ4v) is 2.45. The van der Waals surface area contributed by atoms with Crippen LogP contribution in [0, 0.1) is 18.3 Å². The van der Waals surface area contributed by atoms with Gasteiger partial charge >= 0.3 is 0 Å². The zero-order chi connectivity index (χ0) is 11.6. The molecule has 4 nitrogen and oxygen atoms in total. The number of anilines is 1. The number of aromatic nitrogens is 1. The average molecular weight is 228 g/mol. The normalized spacial score (nSPS) is 28.9. The first-order chi connectivity index (χ1) is 8.17. The molecule has 4 rings (SSSR count). The molecule has 86 valence electrons. The fourth-order valence-electron chi connectivity index (χ4n) is 2.45. The van der Waals surface area contributed by atoms with E-state index in [0.717, 1.165) is 29.6 Å². The van der Waals surface area contributed by atoms with Crippen LogP contribution in [-0.2, 0) is 4.79 Å². The van der Waals surface area contributed by atoms with Crippen LogP contribution in [-0.4, -0.2) is 10.9 Å². The molecule has 2 saturated carbocycles. The minimum Gasteiger partial charge on any atom is -0.441 e. The minimum absolute atomic E-state index is 0.00624. The van der Waals surface area contributed by atoms with E-state index in [-0.39, 0.29) is 11.3 Å². The van der Waals surface area contributed by atoms with Crippen LogP contribution in [0.3, 0.4) is 0 Å². The number of oxazole rings is 1. The molecule has 0 spiro atoms. The van der Waals surface area contributed by atoms with Crippen molar-refractivity contribution in [3.8, 4) is 0 Å². The van der Waals surface area contributed by atoms with Gasteiger partial charge in [-0.1, -0.05) is 0 Å². The number of hydrogen-bond acceptors (Lipinski definition) is 3. The molecule has 17 heavy (non-hydrogen) atoms. The summed E-state index contributed by atoms with van der Waals surface area (Å²) in [6.45, 7) is 1.82. The third-order valence-corrected chi connectivity index (χ3v) is 3.89. The molecule has 4 heteroatoms. The molecule has 2 aliphatic rings. The molecular formula is C13H12N2O2. The molecule has 2 fully saturated rings. The number of benzene rings is 1. The molecule has 1 aromatic heterocycles. The monoisotopic (exact) mass is 228 g/mol. The Balaban J connectivity index is 1.64. The minimum atomic E-state index is 0.00624. The predicted octanol–water partition coefficient (Wildman–Crippen LogP) is 2.48. The Labute approximate surface area is 98.0 Å². The van der Waals surface area contributed by atoms with E-state index in [9.17, 15) is 4.79 Å². The van der Waals surface area contributed by atoms with E-state index >= 15 is 0 Å². The van der Waals surface area contributed by atoms with Crippen molar-refractivity contribution in [3.05, 3.63) is 24.1 Å². The summed E-state index contributed by atoms with van der Waals surface area (Å²) in [5, 5.41) is 2.96. The first kappa shape index (κ1) is 9.22. The molecule has 0 radical (unpaired) electrons. The molecule has 0 saturated heterocycles. The maximum absolute atomic E-state index is 11.9. The van der Waals surface area contributed by atoms with Crippen molar-refractivity contribution < 1.29 is 9.21 Å². The van der Waals surface area contributed by atoms with E-state index in [1.54, 1.807) is 0 Å². The Bertz CT molecular complexity index is 638. The highest BCUT2D eigenvalue weighted by Gasteiger charge is 2.74. The van der Waals surface area contributed by atoms with Crippen LogP contribution in [0.4, 0.5) is 5.69 Å². The van der Waals surface area contributed by atoms with Crippen molar-refractivity contribution in [2.75, 3.05) is 5.32 Å². The standard InChI is InChI=1S/C13H12N2O2/c1-7-14-10-3-2-9(4-11(10)17-7)15-12(16)13-5-8(13)6-13/h2-4,8H,5-6H2,1H3,(H,15,16). The highest BCUT2D eigenvalue weighted by Crippen LogP contribution is 2.75. The third kappa shape index (κ3) is 1.24. The second kappa shape index (κ2) is 2.70. The molecule has 1 N–H and O–H groups in total. The van der Waals surface area contributed by atoms with E-state index in [2.05, 4.69) is 10.3 Å². The third-order valence-electron chi connectivity index (χ3n) is 3.89. The van der Waals surface area contributed by atoms with E-state index < -0.39 is 0 Å². The van der Waals surface area contributed by atoms with Crippen molar-refractivity contribution in [1.29, 1.82) is 0 Å². The first-order valence-corrected chi connectivity index (χ1v) is 5.86. The number of amides is 1. The molecule has 2 aromatic rings. The number of carbonyl (C=O) groups is 1. The smallest absolute Gasteiger partial charge is 0.230 e. The summed E-state index contributed by atoms with van der Waals surface area (Å²) in [6.07, 6.45) is 2.14. The van der Waals surface area contributed by atoms with Crippen LogP contribution in [0.2, 0.25) is 0 Å². The summed E-state index contributed by atoms with van der Waals surface area (Å²) in [4.78, 5) is 16.1. The van der Waals surface area contributed by atoms with Gasteiger partial charge < -0.3 is 9.73 Å². The van der Waals surface area contributed by atoms with Gasteiger partial charge in [-0.3, -0.25) is 4.79 Å². The Kier molecular flexibility index (Phi) is 1.46. The van der Waals surface area contributed by atoms with Crippen molar-refractivity contribution >= 4 is 22.7 Å². The Morgan fingerprint density at radius 3 is 3.00 bits per heavy atom. The number of aryl methyl sites for hydroxylation is 1. The number of nitrogens with one attached hydrogen (secondary N) is 1. The van der Waals surface area contributed by atoms with E-state index in [1.165, 1.54) is 0 Å². The highest BCUT2D eigenvalue weighted by molar-refractivity contribution is 6.01. The van der Waals surface area contributed by atoms with Gasteiger partial charge in [-0.2, -0.15) is 0 Å². The van der Waals surface area contributed by atoms with Gasteiger partial charge in [0.1, 0.15) is 5.52 Å². The quantitative estimate of drug-likeness (QED) is 0.859. The Hall–Kier alpha value is -1.84. The van der Waals surface area contributed by atoms with Crippen molar-refractivity contribution in [3.63, 3.8) is 0 Å². The lowest BCUT2D eigenvalue weighted by Crippen LogP contribution is -2.17. The topological polar surface area (TPSA) is 55.1 Å². The largest absolute Gasteiger partial charge is 0.441 e. The fraction of sp³-hybridized carbons (Fsp3) is 0.385. The van der Waals surface area contributed by atoms with Crippen LogP contribution in [0.25, 0.3) is 11.1 Å². The van der Waals surface area contributed by atoms with Gasteiger partial charge in [-0.25, -0.2) is 4.98 Å². The lowest BCUT2D eigenvalue weighted by atomic mass is 10.2. The molecule has 2 aliphatic carbocycles. The Morgan fingerprint density at radius 1 is 1.53 bits per heavy atom. The molecule has 1 amide bonds. The van der Waals surface area contributed by atoms with Crippen LogP contribution < -0.4 is 5.32 Å². The van der Waals surface area contributed by atoms with Gasteiger partial charge in [-0.05, 0) is 30.9 Å². The number of rotatable bonds is 2. The second-order valence-corrected chi connectivity index (χ2v) is 5.13. The lowest BCUT2D eigenvalue weighted by Gasteiger charge is -2.06. The van der Waals surface area contributed by atoms with Gasteiger partial charge in [0.15, 0.2) is 11.5 Å². The summed E-state index contributed by atoms with van der Waals surface area (Å²) >= 11 is 0. The average Bonchev–Trinajstić information content (AvgIpc) is 3.07. The molecular weight excluding hydrogens is 216 g/mol. The molecule has 1 aromatic carbocycles. The second-order valence-electron chi connectivity index (χ2n) is 5.13. The summed E-state index contributed by atoms with van der Waals surface area (Å²) in [6, 6.07) is 5.58. The molecule has 0 unspecified atom stereocenters. The Morgan fingerprint density at radius 2 is 2.29 bits per heavy atom. The summed E-state index contributed by atoms with van der Waals surface area (Å²) in [5.41, 5.74) is 2.35. The first-order valence-electron chi connectivity index (χ1n) is 5.86.